The molecule has 0 radical (unpaired) electrons. The summed E-state index contributed by atoms with van der Waals surface area (Å²) in [5.41, 5.74) is 0. The van der Waals surface area contributed by atoms with Gasteiger partial charge in [0, 0.05) is 25.6 Å². The fraction of sp³-hybridized carbons (Fsp3) is 0.700. The van der Waals surface area contributed by atoms with Crippen molar-refractivity contribution in [3.63, 3.8) is 0 Å². The summed E-state index contributed by atoms with van der Waals surface area (Å²) >= 11 is 0. The lowest BCUT2D eigenvalue weighted by atomic mass is 10.1. The molecule has 6 heteroatoms. The van der Waals surface area contributed by atoms with Crippen LogP contribution in [0.25, 0.3) is 0 Å². The predicted molar refractivity (Wildman–Crippen MR) is 99.5 cm³/mol. The Morgan fingerprint density at radius 3 is 2.69 bits per heavy atom. The number of carbonyl (C=O) groups excluding carboxylic acids is 2. The molecule has 0 aromatic carbocycles. The normalized spacial score (nSPS) is 17.9. The average Bonchev–Trinajstić information content (AvgIpc) is 3.32. The van der Waals surface area contributed by atoms with Crippen molar-refractivity contribution in [2.24, 2.45) is 0 Å². The number of carbonyl (C=O) groups is 2. The lowest BCUT2D eigenvalue weighted by Crippen LogP contribution is -2.47. The molecule has 2 rings (SSSR count). The maximum atomic E-state index is 13.0. The van der Waals surface area contributed by atoms with Gasteiger partial charge < -0.3 is 19.0 Å². The van der Waals surface area contributed by atoms with Gasteiger partial charge in [0.15, 0.2) is 0 Å². The van der Waals surface area contributed by atoms with E-state index in [1.165, 1.54) is 0 Å². The number of amides is 2. The van der Waals surface area contributed by atoms with Gasteiger partial charge >= 0.3 is 0 Å². The summed E-state index contributed by atoms with van der Waals surface area (Å²) in [5.74, 6) is 0.734. The standard InChI is InChI=1S/C20H32N2O4/c1-4-8-19(23)22(16(3)5-2)15-20(24)21(13-17-9-6-11-25-17)14-18-10-7-12-26-18/h6,9,11,16,18H,4-5,7-8,10,12-15H2,1-3H3/t16-,18+/m1/s1. The lowest BCUT2D eigenvalue weighted by molar-refractivity contribution is -0.143. The van der Waals surface area contributed by atoms with Crippen LogP contribution in [0.2, 0.25) is 0 Å². The van der Waals surface area contributed by atoms with Crippen LogP contribution in [0.15, 0.2) is 22.8 Å². The van der Waals surface area contributed by atoms with E-state index in [0.717, 1.165) is 38.1 Å². The van der Waals surface area contributed by atoms with Crippen LogP contribution in [-0.4, -0.2) is 53.5 Å². The van der Waals surface area contributed by atoms with E-state index in [0.29, 0.717) is 19.5 Å². The van der Waals surface area contributed by atoms with Gasteiger partial charge in [-0.25, -0.2) is 0 Å². The molecule has 2 atom stereocenters. The van der Waals surface area contributed by atoms with Gasteiger partial charge in [0.05, 0.1) is 18.9 Å². The molecule has 6 nitrogen and oxygen atoms in total. The minimum Gasteiger partial charge on any atom is -0.467 e. The third-order valence-electron chi connectivity index (χ3n) is 4.94. The Labute approximate surface area is 156 Å². The molecular formula is C20H32N2O4. The first-order chi connectivity index (χ1) is 12.5. The monoisotopic (exact) mass is 364 g/mol. The van der Waals surface area contributed by atoms with Crippen molar-refractivity contribution in [3.05, 3.63) is 24.2 Å². The molecule has 0 spiro atoms. The summed E-state index contributed by atoms with van der Waals surface area (Å²) in [6.07, 6.45) is 5.76. The lowest BCUT2D eigenvalue weighted by Gasteiger charge is -2.32. The molecule has 0 aliphatic carbocycles. The van der Waals surface area contributed by atoms with Gasteiger partial charge in [0.2, 0.25) is 11.8 Å². The second-order valence-electron chi connectivity index (χ2n) is 7.02. The van der Waals surface area contributed by atoms with Crippen molar-refractivity contribution >= 4 is 11.8 Å². The highest BCUT2D eigenvalue weighted by Gasteiger charge is 2.27. The molecule has 26 heavy (non-hydrogen) atoms. The summed E-state index contributed by atoms with van der Waals surface area (Å²) in [4.78, 5) is 29.0. The highest BCUT2D eigenvalue weighted by Crippen LogP contribution is 2.17. The second-order valence-corrected chi connectivity index (χ2v) is 7.02. The number of hydrogen-bond donors (Lipinski definition) is 0. The molecule has 2 amide bonds. The highest BCUT2D eigenvalue weighted by molar-refractivity contribution is 5.85. The van der Waals surface area contributed by atoms with Gasteiger partial charge in [0.1, 0.15) is 12.3 Å². The molecule has 1 saturated heterocycles. The molecule has 0 saturated carbocycles. The zero-order valence-electron chi connectivity index (χ0n) is 16.3. The van der Waals surface area contributed by atoms with Crippen molar-refractivity contribution < 1.29 is 18.7 Å². The van der Waals surface area contributed by atoms with Gasteiger partial charge in [0.25, 0.3) is 0 Å². The van der Waals surface area contributed by atoms with Crippen LogP contribution < -0.4 is 0 Å². The van der Waals surface area contributed by atoms with E-state index in [2.05, 4.69) is 0 Å². The smallest absolute Gasteiger partial charge is 0.242 e. The minimum absolute atomic E-state index is 0.0465. The summed E-state index contributed by atoms with van der Waals surface area (Å²) < 4.78 is 11.1. The fourth-order valence-corrected chi connectivity index (χ4v) is 3.19. The maximum absolute atomic E-state index is 13.0. The Morgan fingerprint density at radius 2 is 2.12 bits per heavy atom. The van der Waals surface area contributed by atoms with Gasteiger partial charge in [-0.05, 0) is 44.7 Å². The topological polar surface area (TPSA) is 63.0 Å². The highest BCUT2D eigenvalue weighted by atomic mass is 16.5. The Balaban J connectivity index is 2.07. The number of hydrogen-bond acceptors (Lipinski definition) is 4. The van der Waals surface area contributed by atoms with E-state index < -0.39 is 0 Å². The first-order valence-electron chi connectivity index (χ1n) is 9.76. The number of rotatable bonds is 10. The molecule has 0 bridgehead atoms. The molecule has 1 fully saturated rings. The van der Waals surface area contributed by atoms with Crippen LogP contribution in [0.5, 0.6) is 0 Å². The van der Waals surface area contributed by atoms with Gasteiger partial charge in [-0.2, -0.15) is 0 Å². The Morgan fingerprint density at radius 1 is 1.31 bits per heavy atom. The summed E-state index contributed by atoms with van der Waals surface area (Å²) in [7, 11) is 0. The molecular weight excluding hydrogens is 332 g/mol. The van der Waals surface area contributed by atoms with Crippen LogP contribution in [-0.2, 0) is 20.9 Å². The molecule has 1 aliphatic heterocycles. The summed E-state index contributed by atoms with van der Waals surface area (Å²) in [6, 6.07) is 3.73. The first-order valence-corrected chi connectivity index (χ1v) is 9.76. The molecule has 2 heterocycles. The molecule has 146 valence electrons. The predicted octanol–water partition coefficient (Wildman–Crippen LogP) is 3.21. The zero-order chi connectivity index (χ0) is 18.9. The average molecular weight is 364 g/mol. The van der Waals surface area contributed by atoms with Gasteiger partial charge in [-0.3, -0.25) is 9.59 Å². The van der Waals surface area contributed by atoms with Crippen LogP contribution in [0, 0.1) is 0 Å². The van der Waals surface area contributed by atoms with Crippen molar-refractivity contribution in [3.8, 4) is 0 Å². The largest absolute Gasteiger partial charge is 0.467 e. The minimum atomic E-state index is -0.0540. The van der Waals surface area contributed by atoms with E-state index >= 15 is 0 Å². The Bertz CT molecular complexity index is 552. The quantitative estimate of drug-likeness (QED) is 0.639. The maximum Gasteiger partial charge on any atom is 0.242 e. The number of furan rings is 1. The van der Waals surface area contributed by atoms with Crippen LogP contribution in [0.1, 0.15) is 58.6 Å². The SMILES string of the molecule is CCCC(=O)N(CC(=O)N(Cc1ccco1)C[C@@H]1CCCO1)[C@H](C)CC. The van der Waals surface area contributed by atoms with E-state index in [-0.39, 0.29) is 30.5 Å². The Hall–Kier alpha value is -1.82. The van der Waals surface area contributed by atoms with E-state index in [1.54, 1.807) is 16.1 Å². The van der Waals surface area contributed by atoms with E-state index in [4.69, 9.17) is 9.15 Å². The van der Waals surface area contributed by atoms with E-state index in [9.17, 15) is 9.59 Å². The van der Waals surface area contributed by atoms with Crippen molar-refractivity contribution in [1.82, 2.24) is 9.80 Å². The fourth-order valence-electron chi connectivity index (χ4n) is 3.19. The third-order valence-corrected chi connectivity index (χ3v) is 4.94. The summed E-state index contributed by atoms with van der Waals surface area (Å²) in [5, 5.41) is 0. The molecule has 1 aromatic heterocycles. The van der Waals surface area contributed by atoms with Crippen LogP contribution in [0.3, 0.4) is 0 Å². The van der Waals surface area contributed by atoms with Crippen LogP contribution in [0.4, 0.5) is 0 Å². The zero-order valence-corrected chi connectivity index (χ0v) is 16.3. The number of nitrogens with zero attached hydrogens (tertiary/aromatic N) is 2. The van der Waals surface area contributed by atoms with Gasteiger partial charge in [-0.15, -0.1) is 0 Å². The third kappa shape index (κ3) is 5.87. The van der Waals surface area contributed by atoms with Crippen molar-refractivity contribution in [2.75, 3.05) is 19.7 Å². The first kappa shape index (κ1) is 20.5. The van der Waals surface area contributed by atoms with Gasteiger partial charge in [-0.1, -0.05) is 13.8 Å². The second kappa shape index (κ2) is 10.4. The summed E-state index contributed by atoms with van der Waals surface area (Å²) in [6.45, 7) is 7.82. The van der Waals surface area contributed by atoms with E-state index in [1.807, 2.05) is 32.9 Å². The van der Waals surface area contributed by atoms with Crippen molar-refractivity contribution in [2.45, 2.75) is 71.6 Å². The molecule has 0 unspecified atom stereocenters. The van der Waals surface area contributed by atoms with Crippen LogP contribution >= 0.6 is 0 Å². The molecule has 1 aliphatic rings. The van der Waals surface area contributed by atoms with Crippen molar-refractivity contribution in [1.29, 1.82) is 0 Å². The Kier molecular flexibility index (Phi) is 8.16. The molecule has 0 N–H and O–H groups in total. The molecule has 1 aromatic rings. The number of ether oxygens (including phenoxy) is 1.